The Labute approximate surface area is 147 Å². The molecule has 1 unspecified atom stereocenters. The lowest BCUT2D eigenvalue weighted by Gasteiger charge is -2.30. The average molecular weight is 367 g/mol. The van der Waals surface area contributed by atoms with E-state index in [-0.39, 0.29) is 24.6 Å². The lowest BCUT2D eigenvalue weighted by molar-refractivity contribution is -0.164. The molecule has 1 aromatic rings. The molecule has 3 rings (SSSR count). The van der Waals surface area contributed by atoms with Gasteiger partial charge >= 0.3 is 11.9 Å². The van der Waals surface area contributed by atoms with Crippen molar-refractivity contribution < 1.29 is 27.5 Å². The van der Waals surface area contributed by atoms with Crippen LogP contribution in [-0.4, -0.2) is 50.5 Å². The number of hydrogen-bond donors (Lipinski definition) is 0. The van der Waals surface area contributed by atoms with Crippen molar-refractivity contribution in [2.75, 3.05) is 19.7 Å². The summed E-state index contributed by atoms with van der Waals surface area (Å²) in [6.45, 7) is 2.67. The van der Waals surface area contributed by atoms with Gasteiger partial charge in [-0.3, -0.25) is 4.79 Å². The number of hydrogen-bond acceptors (Lipinski definition) is 6. The maximum Gasteiger partial charge on any atom is 0.347 e. The summed E-state index contributed by atoms with van der Waals surface area (Å²) in [6, 6.07) is 6.71. The zero-order valence-corrected chi connectivity index (χ0v) is 14.8. The van der Waals surface area contributed by atoms with Crippen molar-refractivity contribution >= 4 is 22.0 Å². The topological polar surface area (TPSA) is 90.0 Å². The van der Waals surface area contributed by atoms with Crippen LogP contribution in [0.15, 0.2) is 29.2 Å². The van der Waals surface area contributed by atoms with E-state index in [9.17, 15) is 18.0 Å². The fourth-order valence-corrected chi connectivity index (χ4v) is 4.48. The molecule has 2 fully saturated rings. The second kappa shape index (κ2) is 7.13. The van der Waals surface area contributed by atoms with Gasteiger partial charge < -0.3 is 9.47 Å². The summed E-state index contributed by atoms with van der Waals surface area (Å²) in [5.41, 5.74) is 0.992. The van der Waals surface area contributed by atoms with Crippen LogP contribution in [0.25, 0.3) is 0 Å². The first-order chi connectivity index (χ1) is 11.9. The van der Waals surface area contributed by atoms with Crippen molar-refractivity contribution in [2.45, 2.75) is 37.2 Å². The number of benzene rings is 1. The van der Waals surface area contributed by atoms with Gasteiger partial charge in [0.05, 0.1) is 17.4 Å². The molecule has 0 radical (unpaired) electrons. The second-order valence-corrected chi connectivity index (χ2v) is 8.31. The summed E-state index contributed by atoms with van der Waals surface area (Å²) in [6.07, 6.45) is 0.324. The van der Waals surface area contributed by atoms with Gasteiger partial charge in [0.25, 0.3) is 0 Å². The summed E-state index contributed by atoms with van der Waals surface area (Å²) in [5.74, 6) is -1.35. The third kappa shape index (κ3) is 3.85. The maximum atomic E-state index is 12.6. The van der Waals surface area contributed by atoms with E-state index in [4.69, 9.17) is 9.47 Å². The highest BCUT2D eigenvalue weighted by Crippen LogP contribution is 2.25. The number of carbonyl (C=O) groups is 2. The van der Waals surface area contributed by atoms with Gasteiger partial charge in [0, 0.05) is 19.5 Å². The molecule has 1 atom stereocenters. The smallest absolute Gasteiger partial charge is 0.347 e. The van der Waals surface area contributed by atoms with Crippen LogP contribution in [0.1, 0.15) is 24.8 Å². The van der Waals surface area contributed by atoms with E-state index in [1.807, 2.05) is 6.92 Å². The molecule has 0 spiro atoms. The summed E-state index contributed by atoms with van der Waals surface area (Å²) < 4.78 is 36.7. The van der Waals surface area contributed by atoms with E-state index in [2.05, 4.69) is 0 Å². The Bertz CT molecular complexity index is 750. The van der Waals surface area contributed by atoms with Gasteiger partial charge in [-0.1, -0.05) is 17.7 Å². The van der Waals surface area contributed by atoms with Crippen LogP contribution >= 0.6 is 0 Å². The van der Waals surface area contributed by atoms with Gasteiger partial charge in [-0.25, -0.2) is 13.2 Å². The molecule has 0 N–H and O–H groups in total. The van der Waals surface area contributed by atoms with Crippen molar-refractivity contribution in [2.24, 2.45) is 5.92 Å². The van der Waals surface area contributed by atoms with Crippen LogP contribution in [0.5, 0.6) is 0 Å². The quantitative estimate of drug-likeness (QED) is 0.744. The van der Waals surface area contributed by atoms with E-state index in [1.165, 1.54) is 4.31 Å². The highest BCUT2D eigenvalue weighted by atomic mass is 32.2. The largest absolute Gasteiger partial charge is 0.463 e. The van der Waals surface area contributed by atoms with E-state index in [0.29, 0.717) is 19.3 Å². The number of cyclic esters (lactones) is 1. The Hall–Kier alpha value is -1.93. The molecule has 0 aliphatic carbocycles. The Morgan fingerprint density at radius 3 is 2.36 bits per heavy atom. The van der Waals surface area contributed by atoms with Crippen molar-refractivity contribution in [1.29, 1.82) is 0 Å². The Morgan fingerprint density at radius 1 is 1.16 bits per heavy atom. The molecule has 25 heavy (non-hydrogen) atoms. The normalized spacial score (nSPS) is 22.6. The molecule has 2 saturated heterocycles. The zero-order chi connectivity index (χ0) is 18.0. The van der Waals surface area contributed by atoms with Gasteiger partial charge in [0.2, 0.25) is 16.1 Å². The number of piperidine rings is 1. The number of aryl methyl sites for hydroxylation is 1. The lowest BCUT2D eigenvalue weighted by atomic mass is 9.98. The molecule has 0 saturated carbocycles. The number of rotatable bonds is 4. The molecular weight excluding hydrogens is 346 g/mol. The van der Waals surface area contributed by atoms with Gasteiger partial charge in [0.1, 0.15) is 0 Å². The number of sulfonamides is 1. The summed E-state index contributed by atoms with van der Waals surface area (Å²) in [4.78, 5) is 23.8. The van der Waals surface area contributed by atoms with Crippen LogP contribution in [-0.2, 0) is 29.1 Å². The van der Waals surface area contributed by atoms with E-state index in [0.717, 1.165) is 5.56 Å². The van der Waals surface area contributed by atoms with E-state index < -0.39 is 34.0 Å². The Balaban J connectivity index is 1.58. The first kappa shape index (κ1) is 17.9. The highest BCUT2D eigenvalue weighted by Gasteiger charge is 2.36. The van der Waals surface area contributed by atoms with Gasteiger partial charge in [-0.05, 0) is 31.9 Å². The van der Waals surface area contributed by atoms with Crippen LogP contribution in [0, 0.1) is 12.8 Å². The van der Waals surface area contributed by atoms with Crippen LogP contribution in [0.4, 0.5) is 0 Å². The van der Waals surface area contributed by atoms with Crippen molar-refractivity contribution in [1.82, 2.24) is 4.31 Å². The Morgan fingerprint density at radius 2 is 1.80 bits per heavy atom. The number of nitrogens with zero attached hydrogens (tertiary/aromatic N) is 1. The molecule has 0 bridgehead atoms. The third-order valence-corrected chi connectivity index (χ3v) is 6.50. The summed E-state index contributed by atoms with van der Waals surface area (Å²) in [5, 5.41) is 0. The van der Waals surface area contributed by atoms with E-state index in [1.54, 1.807) is 24.3 Å². The molecule has 7 nitrogen and oxygen atoms in total. The van der Waals surface area contributed by atoms with Gasteiger partial charge in [-0.2, -0.15) is 4.31 Å². The van der Waals surface area contributed by atoms with Crippen LogP contribution in [0.2, 0.25) is 0 Å². The molecule has 2 heterocycles. The summed E-state index contributed by atoms with van der Waals surface area (Å²) >= 11 is 0. The molecule has 1 aromatic carbocycles. The predicted octanol–water partition coefficient (Wildman–Crippen LogP) is 1.25. The number of ether oxygens (including phenoxy) is 2. The van der Waals surface area contributed by atoms with E-state index >= 15 is 0 Å². The fourth-order valence-electron chi connectivity index (χ4n) is 3.01. The second-order valence-electron chi connectivity index (χ2n) is 6.37. The van der Waals surface area contributed by atoms with Gasteiger partial charge in [-0.15, -0.1) is 0 Å². The molecule has 2 aliphatic rings. The highest BCUT2D eigenvalue weighted by molar-refractivity contribution is 7.89. The first-order valence-corrected chi connectivity index (χ1v) is 9.76. The fraction of sp³-hybridized carbons (Fsp3) is 0.529. The summed E-state index contributed by atoms with van der Waals surface area (Å²) in [7, 11) is -3.55. The zero-order valence-electron chi connectivity index (χ0n) is 14.0. The van der Waals surface area contributed by atoms with Crippen molar-refractivity contribution in [3.05, 3.63) is 29.8 Å². The molecule has 0 aromatic heterocycles. The molecular formula is C17H21NO6S. The number of carbonyl (C=O) groups excluding carboxylic acids is 2. The molecule has 2 aliphatic heterocycles. The van der Waals surface area contributed by atoms with Crippen molar-refractivity contribution in [3.63, 3.8) is 0 Å². The first-order valence-electron chi connectivity index (χ1n) is 8.32. The minimum Gasteiger partial charge on any atom is -0.463 e. The predicted molar refractivity (Wildman–Crippen MR) is 88.1 cm³/mol. The lowest BCUT2D eigenvalue weighted by Crippen LogP contribution is -2.41. The number of esters is 2. The van der Waals surface area contributed by atoms with Gasteiger partial charge in [0.15, 0.2) is 0 Å². The minimum absolute atomic E-state index is 0.255. The SMILES string of the molecule is Cc1ccc(S(=O)(=O)N2CCC(C(=O)OC3CCOC3=O)CC2)cc1. The molecule has 8 heteroatoms. The average Bonchev–Trinajstić information content (AvgIpc) is 3.00. The standard InChI is InChI=1S/C17H21NO6S/c1-12-2-4-14(5-3-12)25(21,22)18-9-6-13(7-10-18)16(19)24-15-8-11-23-17(15)20/h2-5,13,15H,6-11H2,1H3. The Kier molecular flexibility index (Phi) is 5.10. The van der Waals surface area contributed by atoms with Crippen LogP contribution < -0.4 is 0 Å². The van der Waals surface area contributed by atoms with Crippen LogP contribution in [0.3, 0.4) is 0 Å². The maximum absolute atomic E-state index is 12.6. The minimum atomic E-state index is -3.55. The van der Waals surface area contributed by atoms with Crippen molar-refractivity contribution in [3.8, 4) is 0 Å². The monoisotopic (exact) mass is 367 g/mol. The third-order valence-electron chi connectivity index (χ3n) is 4.59. The molecule has 136 valence electrons. The molecule has 0 amide bonds.